The zero-order valence-electron chi connectivity index (χ0n) is 8.35. The molecule has 0 fully saturated rings. The van der Waals surface area contributed by atoms with E-state index in [2.05, 4.69) is 10.3 Å². The van der Waals surface area contributed by atoms with Crippen LogP contribution in [0, 0.1) is 11.8 Å². The van der Waals surface area contributed by atoms with Gasteiger partial charge in [-0.3, -0.25) is 0 Å². The van der Waals surface area contributed by atoms with Gasteiger partial charge in [0.1, 0.15) is 0 Å². The standard InChI is InChI=1S/C10H14F2N2/c1-3-7(2)14-6-8-4-5-13-10(12)9(8)11/h4-5,7,14H,3,6H2,1-2H3. The van der Waals surface area contributed by atoms with Gasteiger partial charge in [-0.1, -0.05) is 6.92 Å². The number of nitrogens with one attached hydrogen (secondary N) is 1. The quantitative estimate of drug-likeness (QED) is 0.754. The summed E-state index contributed by atoms with van der Waals surface area (Å²) in [6.45, 7) is 4.36. The second-order valence-corrected chi connectivity index (χ2v) is 3.27. The van der Waals surface area contributed by atoms with Gasteiger partial charge in [-0.25, -0.2) is 9.37 Å². The van der Waals surface area contributed by atoms with Crippen LogP contribution in [0.25, 0.3) is 0 Å². The Bertz CT molecular complexity index is 302. The Morgan fingerprint density at radius 1 is 1.50 bits per heavy atom. The van der Waals surface area contributed by atoms with Crippen molar-refractivity contribution in [2.24, 2.45) is 0 Å². The van der Waals surface area contributed by atoms with Crippen molar-refractivity contribution < 1.29 is 8.78 Å². The highest BCUT2D eigenvalue weighted by Gasteiger charge is 2.08. The van der Waals surface area contributed by atoms with E-state index in [0.29, 0.717) is 18.2 Å². The first-order valence-electron chi connectivity index (χ1n) is 4.67. The summed E-state index contributed by atoms with van der Waals surface area (Å²) in [5.74, 6) is -1.89. The highest BCUT2D eigenvalue weighted by molar-refractivity contribution is 5.13. The van der Waals surface area contributed by atoms with Crippen molar-refractivity contribution in [2.45, 2.75) is 32.9 Å². The van der Waals surface area contributed by atoms with Gasteiger partial charge in [0.05, 0.1) is 0 Å². The number of nitrogens with zero attached hydrogens (tertiary/aromatic N) is 1. The Labute approximate surface area is 82.4 Å². The number of aromatic nitrogens is 1. The molecule has 0 aliphatic rings. The predicted molar refractivity (Wildman–Crippen MR) is 50.7 cm³/mol. The monoisotopic (exact) mass is 200 g/mol. The van der Waals surface area contributed by atoms with E-state index in [4.69, 9.17) is 0 Å². The molecule has 1 rings (SSSR count). The predicted octanol–water partition coefficient (Wildman–Crippen LogP) is 2.25. The molecule has 0 aromatic carbocycles. The first-order valence-corrected chi connectivity index (χ1v) is 4.67. The van der Waals surface area contributed by atoms with E-state index in [-0.39, 0.29) is 0 Å². The minimum absolute atomic E-state index is 0.297. The minimum Gasteiger partial charge on any atom is -0.310 e. The fourth-order valence-electron chi connectivity index (χ4n) is 1.02. The number of rotatable bonds is 4. The molecule has 0 aliphatic heterocycles. The smallest absolute Gasteiger partial charge is 0.249 e. The summed E-state index contributed by atoms with van der Waals surface area (Å²) in [4.78, 5) is 3.22. The fourth-order valence-corrected chi connectivity index (χ4v) is 1.02. The first-order chi connectivity index (χ1) is 6.65. The van der Waals surface area contributed by atoms with E-state index in [1.54, 1.807) is 0 Å². The lowest BCUT2D eigenvalue weighted by molar-refractivity contribution is 0.457. The molecule has 0 radical (unpaired) electrons. The van der Waals surface area contributed by atoms with Gasteiger partial charge in [0, 0.05) is 24.3 Å². The molecular weight excluding hydrogens is 186 g/mol. The molecule has 1 heterocycles. The molecule has 1 atom stereocenters. The second-order valence-electron chi connectivity index (χ2n) is 3.27. The Hall–Kier alpha value is -1.03. The summed E-state index contributed by atoms with van der Waals surface area (Å²) in [5.41, 5.74) is 0.317. The van der Waals surface area contributed by atoms with Crippen LogP contribution in [0.15, 0.2) is 12.3 Å². The lowest BCUT2D eigenvalue weighted by Crippen LogP contribution is -2.25. The van der Waals surface area contributed by atoms with Crippen LogP contribution >= 0.6 is 0 Å². The van der Waals surface area contributed by atoms with Crippen LogP contribution in [0.5, 0.6) is 0 Å². The molecular formula is C10H14F2N2. The molecule has 0 spiro atoms. The molecule has 2 nitrogen and oxygen atoms in total. The van der Waals surface area contributed by atoms with Crippen molar-refractivity contribution in [3.8, 4) is 0 Å². The molecule has 0 amide bonds. The van der Waals surface area contributed by atoms with Crippen molar-refractivity contribution in [1.29, 1.82) is 0 Å². The molecule has 0 aliphatic carbocycles. The highest BCUT2D eigenvalue weighted by atomic mass is 19.2. The third-order valence-corrected chi connectivity index (χ3v) is 2.18. The van der Waals surface area contributed by atoms with Crippen LogP contribution in [0.1, 0.15) is 25.8 Å². The molecule has 0 saturated heterocycles. The van der Waals surface area contributed by atoms with Crippen LogP contribution in [-0.2, 0) is 6.54 Å². The molecule has 14 heavy (non-hydrogen) atoms. The maximum atomic E-state index is 13.1. The second kappa shape index (κ2) is 5.00. The zero-order chi connectivity index (χ0) is 10.6. The summed E-state index contributed by atoms with van der Waals surface area (Å²) in [6.07, 6.45) is 2.22. The van der Waals surface area contributed by atoms with Gasteiger partial charge in [0.2, 0.25) is 5.95 Å². The van der Waals surface area contributed by atoms with Crippen LogP contribution in [-0.4, -0.2) is 11.0 Å². The third kappa shape index (κ3) is 2.73. The Morgan fingerprint density at radius 2 is 2.21 bits per heavy atom. The zero-order valence-corrected chi connectivity index (χ0v) is 8.35. The van der Waals surface area contributed by atoms with E-state index in [9.17, 15) is 8.78 Å². The van der Waals surface area contributed by atoms with E-state index in [1.807, 2.05) is 13.8 Å². The average Bonchev–Trinajstić information content (AvgIpc) is 2.20. The Balaban J connectivity index is 2.63. The number of hydrogen-bond acceptors (Lipinski definition) is 2. The summed E-state index contributed by atoms with van der Waals surface area (Å²) >= 11 is 0. The first kappa shape index (κ1) is 11.0. The third-order valence-electron chi connectivity index (χ3n) is 2.18. The number of hydrogen-bond donors (Lipinski definition) is 1. The lowest BCUT2D eigenvalue weighted by Gasteiger charge is -2.11. The molecule has 1 aromatic rings. The van der Waals surface area contributed by atoms with Crippen LogP contribution in [0.2, 0.25) is 0 Å². The van der Waals surface area contributed by atoms with Gasteiger partial charge >= 0.3 is 0 Å². The summed E-state index contributed by atoms with van der Waals surface area (Å²) in [6, 6.07) is 1.78. The number of pyridine rings is 1. The van der Waals surface area contributed by atoms with E-state index < -0.39 is 11.8 Å². The summed E-state index contributed by atoms with van der Waals surface area (Å²) in [5, 5.41) is 3.08. The molecule has 0 bridgehead atoms. The Morgan fingerprint density at radius 3 is 2.86 bits per heavy atom. The molecule has 78 valence electrons. The average molecular weight is 200 g/mol. The van der Waals surface area contributed by atoms with Crippen LogP contribution in [0.3, 0.4) is 0 Å². The highest BCUT2D eigenvalue weighted by Crippen LogP contribution is 2.08. The lowest BCUT2D eigenvalue weighted by atomic mass is 10.2. The van der Waals surface area contributed by atoms with Crippen molar-refractivity contribution in [1.82, 2.24) is 10.3 Å². The Kier molecular flexibility index (Phi) is 3.95. The van der Waals surface area contributed by atoms with Crippen molar-refractivity contribution >= 4 is 0 Å². The van der Waals surface area contributed by atoms with Gasteiger partial charge in [-0.05, 0) is 19.4 Å². The largest absolute Gasteiger partial charge is 0.310 e. The van der Waals surface area contributed by atoms with Gasteiger partial charge in [-0.15, -0.1) is 0 Å². The van der Waals surface area contributed by atoms with E-state index in [0.717, 1.165) is 6.42 Å². The topological polar surface area (TPSA) is 24.9 Å². The van der Waals surface area contributed by atoms with Gasteiger partial charge < -0.3 is 5.32 Å². The van der Waals surface area contributed by atoms with Crippen LogP contribution < -0.4 is 5.32 Å². The SMILES string of the molecule is CCC(C)NCc1ccnc(F)c1F. The molecule has 1 N–H and O–H groups in total. The molecule has 4 heteroatoms. The number of halogens is 2. The van der Waals surface area contributed by atoms with Crippen molar-refractivity contribution in [3.63, 3.8) is 0 Å². The van der Waals surface area contributed by atoms with Crippen LogP contribution in [0.4, 0.5) is 8.78 Å². The van der Waals surface area contributed by atoms with Crippen molar-refractivity contribution in [2.75, 3.05) is 0 Å². The normalized spacial score (nSPS) is 12.9. The van der Waals surface area contributed by atoms with E-state index >= 15 is 0 Å². The summed E-state index contributed by atoms with van der Waals surface area (Å²) in [7, 11) is 0. The van der Waals surface area contributed by atoms with Crippen molar-refractivity contribution in [3.05, 3.63) is 29.6 Å². The summed E-state index contributed by atoms with van der Waals surface area (Å²) < 4.78 is 25.8. The van der Waals surface area contributed by atoms with Gasteiger partial charge in [-0.2, -0.15) is 4.39 Å². The maximum Gasteiger partial charge on any atom is 0.249 e. The molecule has 1 aromatic heterocycles. The van der Waals surface area contributed by atoms with Gasteiger partial charge in [0.25, 0.3) is 0 Å². The molecule has 1 unspecified atom stereocenters. The minimum atomic E-state index is -1.03. The molecule has 0 saturated carbocycles. The van der Waals surface area contributed by atoms with Gasteiger partial charge in [0.15, 0.2) is 5.82 Å². The van der Waals surface area contributed by atoms with E-state index in [1.165, 1.54) is 12.3 Å². The maximum absolute atomic E-state index is 13.1. The fraction of sp³-hybridized carbons (Fsp3) is 0.500.